The first-order chi connectivity index (χ1) is 10.3. The third-order valence-electron chi connectivity index (χ3n) is 3.96. The number of fused-ring (bicyclic) bond motifs is 1. The molecule has 1 aromatic rings. The van der Waals surface area contributed by atoms with Crippen LogP contribution in [0.1, 0.15) is 37.8 Å². The molecule has 1 N–H and O–H groups in total. The Bertz CT molecular complexity index is 489. The molecular weight excluding hydrogens is 290 g/mol. The lowest BCUT2D eigenvalue weighted by molar-refractivity contribution is 0.0787. The van der Waals surface area contributed by atoms with Crippen molar-refractivity contribution in [2.24, 2.45) is 0 Å². The van der Waals surface area contributed by atoms with Crippen LogP contribution in [0, 0.1) is 0 Å². The highest BCUT2D eigenvalue weighted by atomic mass is 35.5. The highest BCUT2D eigenvalue weighted by Gasteiger charge is 2.29. The van der Waals surface area contributed by atoms with Crippen molar-refractivity contribution in [3.63, 3.8) is 0 Å². The molecule has 0 spiro atoms. The monoisotopic (exact) mass is 311 g/mol. The summed E-state index contributed by atoms with van der Waals surface area (Å²) in [7, 11) is 0. The molecule has 5 heteroatoms. The lowest BCUT2D eigenvalue weighted by Crippen LogP contribution is -2.31. The van der Waals surface area contributed by atoms with Crippen LogP contribution in [0.4, 0.5) is 0 Å². The second kappa shape index (κ2) is 6.86. The molecule has 1 aromatic carbocycles. The summed E-state index contributed by atoms with van der Waals surface area (Å²) >= 11 is 6.49. The van der Waals surface area contributed by atoms with E-state index in [0.717, 1.165) is 49.5 Å². The number of nitrogens with one attached hydrogen (secondary N) is 1. The Hall–Kier alpha value is -0.970. The number of hydrogen-bond acceptors (Lipinski definition) is 4. The molecule has 0 amide bonds. The number of benzene rings is 1. The van der Waals surface area contributed by atoms with Gasteiger partial charge in [0.1, 0.15) is 0 Å². The standard InChI is InChI=1S/C16H22ClNO3/c1-2-18-16(13-5-3-6-19-13)11-9-14-15(10-12(11)17)21-8-4-7-20-14/h9-10,13,16,18H,2-8H2,1H3. The van der Waals surface area contributed by atoms with E-state index in [4.69, 9.17) is 25.8 Å². The summed E-state index contributed by atoms with van der Waals surface area (Å²) in [5.41, 5.74) is 1.04. The zero-order valence-electron chi connectivity index (χ0n) is 12.4. The second-order valence-corrected chi connectivity index (χ2v) is 5.86. The first-order valence-corrected chi connectivity index (χ1v) is 8.11. The molecule has 0 saturated carbocycles. The Morgan fingerprint density at radius 2 is 1.95 bits per heavy atom. The summed E-state index contributed by atoms with van der Waals surface area (Å²) in [6.45, 7) is 5.15. The molecule has 1 fully saturated rings. The fourth-order valence-corrected chi connectivity index (χ4v) is 3.24. The maximum atomic E-state index is 6.49. The van der Waals surface area contributed by atoms with Crippen LogP contribution in [0.5, 0.6) is 11.5 Å². The number of ether oxygens (including phenoxy) is 3. The second-order valence-electron chi connectivity index (χ2n) is 5.46. The van der Waals surface area contributed by atoms with Gasteiger partial charge in [0.25, 0.3) is 0 Å². The molecular formula is C16H22ClNO3. The Morgan fingerprint density at radius 1 is 1.19 bits per heavy atom. The number of hydrogen-bond donors (Lipinski definition) is 1. The first kappa shape index (κ1) is 14.9. The molecule has 2 atom stereocenters. The third-order valence-corrected chi connectivity index (χ3v) is 4.29. The zero-order valence-corrected chi connectivity index (χ0v) is 13.1. The molecule has 0 bridgehead atoms. The average Bonchev–Trinajstić information content (AvgIpc) is 2.91. The van der Waals surface area contributed by atoms with Gasteiger partial charge >= 0.3 is 0 Å². The minimum absolute atomic E-state index is 0.0992. The van der Waals surface area contributed by atoms with Crippen molar-refractivity contribution in [2.75, 3.05) is 26.4 Å². The van der Waals surface area contributed by atoms with E-state index in [1.807, 2.05) is 12.1 Å². The van der Waals surface area contributed by atoms with Gasteiger partial charge in [-0.05, 0) is 31.0 Å². The summed E-state index contributed by atoms with van der Waals surface area (Å²) in [6.07, 6.45) is 3.23. The average molecular weight is 312 g/mol. The summed E-state index contributed by atoms with van der Waals surface area (Å²) in [4.78, 5) is 0. The molecule has 116 valence electrons. The van der Waals surface area contributed by atoms with Crippen LogP contribution in [0.3, 0.4) is 0 Å². The Morgan fingerprint density at radius 3 is 2.62 bits per heavy atom. The number of likely N-dealkylation sites (N-methyl/N-ethyl adjacent to an activating group) is 1. The van der Waals surface area contributed by atoms with Gasteiger partial charge in [-0.25, -0.2) is 0 Å². The van der Waals surface area contributed by atoms with Gasteiger partial charge < -0.3 is 19.5 Å². The van der Waals surface area contributed by atoms with Crippen molar-refractivity contribution in [3.8, 4) is 11.5 Å². The Kier molecular flexibility index (Phi) is 4.88. The molecule has 2 heterocycles. The quantitative estimate of drug-likeness (QED) is 0.926. The molecule has 0 aliphatic carbocycles. The van der Waals surface area contributed by atoms with Gasteiger partial charge in [0, 0.05) is 24.1 Å². The van der Waals surface area contributed by atoms with Gasteiger partial charge in [-0.15, -0.1) is 0 Å². The zero-order chi connectivity index (χ0) is 14.7. The van der Waals surface area contributed by atoms with E-state index >= 15 is 0 Å². The molecule has 21 heavy (non-hydrogen) atoms. The lowest BCUT2D eigenvalue weighted by Gasteiger charge is -2.26. The summed E-state index contributed by atoms with van der Waals surface area (Å²) in [5, 5.41) is 4.21. The van der Waals surface area contributed by atoms with Crippen molar-refractivity contribution >= 4 is 11.6 Å². The minimum atomic E-state index is 0.0992. The van der Waals surface area contributed by atoms with Gasteiger partial charge in [0.15, 0.2) is 11.5 Å². The maximum Gasteiger partial charge on any atom is 0.162 e. The third kappa shape index (κ3) is 3.28. The molecule has 3 rings (SSSR count). The number of halogens is 1. The molecule has 2 aliphatic rings. The SMILES string of the molecule is CCNC(c1cc2c(cc1Cl)OCCCO2)C1CCCO1. The van der Waals surface area contributed by atoms with Gasteiger partial charge in [-0.1, -0.05) is 18.5 Å². The van der Waals surface area contributed by atoms with Crippen LogP contribution in [0.2, 0.25) is 5.02 Å². The van der Waals surface area contributed by atoms with Crippen molar-refractivity contribution in [3.05, 3.63) is 22.7 Å². The molecule has 0 aromatic heterocycles. The van der Waals surface area contributed by atoms with Crippen molar-refractivity contribution in [1.82, 2.24) is 5.32 Å². The van der Waals surface area contributed by atoms with E-state index in [9.17, 15) is 0 Å². The van der Waals surface area contributed by atoms with Crippen LogP contribution in [0.25, 0.3) is 0 Å². The first-order valence-electron chi connectivity index (χ1n) is 7.73. The molecule has 4 nitrogen and oxygen atoms in total. The Balaban J connectivity index is 1.92. The van der Waals surface area contributed by atoms with E-state index in [1.165, 1.54) is 0 Å². The fraction of sp³-hybridized carbons (Fsp3) is 0.625. The highest BCUT2D eigenvalue weighted by molar-refractivity contribution is 6.31. The maximum absolute atomic E-state index is 6.49. The van der Waals surface area contributed by atoms with Crippen LogP contribution >= 0.6 is 11.6 Å². The Labute approximate surface area is 130 Å². The summed E-state index contributed by atoms with van der Waals surface area (Å²) in [5.74, 6) is 1.52. The summed E-state index contributed by atoms with van der Waals surface area (Å²) < 4.78 is 17.3. The van der Waals surface area contributed by atoms with E-state index in [-0.39, 0.29) is 12.1 Å². The smallest absolute Gasteiger partial charge is 0.162 e. The normalized spacial score (nSPS) is 22.9. The molecule has 2 aliphatic heterocycles. The van der Waals surface area contributed by atoms with Gasteiger partial charge in [0.2, 0.25) is 0 Å². The van der Waals surface area contributed by atoms with E-state index in [1.54, 1.807) is 0 Å². The van der Waals surface area contributed by atoms with Crippen LogP contribution in [-0.2, 0) is 4.74 Å². The summed E-state index contributed by atoms with van der Waals surface area (Å²) in [6, 6.07) is 3.98. The van der Waals surface area contributed by atoms with Crippen LogP contribution in [-0.4, -0.2) is 32.5 Å². The largest absolute Gasteiger partial charge is 0.490 e. The van der Waals surface area contributed by atoms with E-state index < -0.39 is 0 Å². The minimum Gasteiger partial charge on any atom is -0.490 e. The van der Waals surface area contributed by atoms with Gasteiger partial charge in [-0.2, -0.15) is 0 Å². The van der Waals surface area contributed by atoms with Crippen molar-refractivity contribution in [2.45, 2.75) is 38.3 Å². The predicted molar refractivity (Wildman–Crippen MR) is 82.5 cm³/mol. The van der Waals surface area contributed by atoms with Crippen LogP contribution in [0.15, 0.2) is 12.1 Å². The predicted octanol–water partition coefficient (Wildman–Crippen LogP) is 3.33. The highest BCUT2D eigenvalue weighted by Crippen LogP contribution is 2.39. The van der Waals surface area contributed by atoms with Crippen molar-refractivity contribution < 1.29 is 14.2 Å². The van der Waals surface area contributed by atoms with Crippen molar-refractivity contribution in [1.29, 1.82) is 0 Å². The van der Waals surface area contributed by atoms with E-state index in [2.05, 4.69) is 12.2 Å². The van der Waals surface area contributed by atoms with Gasteiger partial charge in [-0.3, -0.25) is 0 Å². The molecule has 2 unspecified atom stereocenters. The molecule has 1 saturated heterocycles. The van der Waals surface area contributed by atoms with E-state index in [0.29, 0.717) is 18.2 Å². The van der Waals surface area contributed by atoms with Gasteiger partial charge in [0.05, 0.1) is 25.4 Å². The topological polar surface area (TPSA) is 39.7 Å². The van der Waals surface area contributed by atoms with Crippen LogP contribution < -0.4 is 14.8 Å². The lowest BCUT2D eigenvalue weighted by atomic mass is 9.98. The fourth-order valence-electron chi connectivity index (χ4n) is 2.97. The molecule has 0 radical (unpaired) electrons. The number of rotatable bonds is 4.